The summed E-state index contributed by atoms with van der Waals surface area (Å²) in [4.78, 5) is 30.2. The SMILES string of the molecule is Cc1oc(-c2ccccc2)nc1COc1cccc([C@@H]2CN(C(=O)OCC(C)C)C[C@@H]2CC(=O)O)c1. The van der Waals surface area contributed by atoms with Crippen LogP contribution in [-0.4, -0.2) is 46.7 Å². The molecule has 0 saturated carbocycles. The Morgan fingerprint density at radius 3 is 2.64 bits per heavy atom. The van der Waals surface area contributed by atoms with Gasteiger partial charge in [-0.1, -0.05) is 44.2 Å². The molecule has 0 unspecified atom stereocenters. The van der Waals surface area contributed by atoms with E-state index in [0.29, 0.717) is 42.8 Å². The first-order valence-corrected chi connectivity index (χ1v) is 12.2. The van der Waals surface area contributed by atoms with Gasteiger partial charge in [-0.05, 0) is 48.6 Å². The highest BCUT2D eigenvalue weighted by Gasteiger charge is 2.38. The molecule has 1 N–H and O–H groups in total. The number of carboxylic acids is 1. The van der Waals surface area contributed by atoms with Crippen molar-refractivity contribution in [3.63, 3.8) is 0 Å². The highest BCUT2D eigenvalue weighted by atomic mass is 16.6. The van der Waals surface area contributed by atoms with Gasteiger partial charge >= 0.3 is 12.1 Å². The van der Waals surface area contributed by atoms with Gasteiger partial charge in [-0.25, -0.2) is 9.78 Å². The molecular formula is C28H32N2O6. The van der Waals surface area contributed by atoms with Crippen molar-refractivity contribution in [1.82, 2.24) is 9.88 Å². The first-order chi connectivity index (χ1) is 17.3. The van der Waals surface area contributed by atoms with E-state index in [0.717, 1.165) is 11.1 Å². The van der Waals surface area contributed by atoms with Crippen LogP contribution in [0.5, 0.6) is 5.75 Å². The molecule has 1 saturated heterocycles. The predicted octanol–water partition coefficient (Wildman–Crippen LogP) is 5.51. The molecule has 0 bridgehead atoms. The lowest BCUT2D eigenvalue weighted by molar-refractivity contribution is -0.138. The molecule has 4 rings (SSSR count). The van der Waals surface area contributed by atoms with Gasteiger partial charge in [0.1, 0.15) is 23.8 Å². The fourth-order valence-electron chi connectivity index (χ4n) is 4.41. The van der Waals surface area contributed by atoms with Gasteiger partial charge in [-0.3, -0.25) is 4.79 Å². The molecule has 1 amide bonds. The number of nitrogens with zero attached hydrogens (tertiary/aromatic N) is 2. The molecule has 2 aromatic carbocycles. The average Bonchev–Trinajstić information content (AvgIpc) is 3.45. The lowest BCUT2D eigenvalue weighted by atomic mass is 9.87. The third kappa shape index (κ3) is 6.24. The summed E-state index contributed by atoms with van der Waals surface area (Å²) in [6, 6.07) is 17.3. The van der Waals surface area contributed by atoms with Crippen molar-refractivity contribution in [3.05, 3.63) is 71.6 Å². The van der Waals surface area contributed by atoms with E-state index >= 15 is 0 Å². The number of benzene rings is 2. The second-order valence-electron chi connectivity index (χ2n) is 9.59. The molecule has 2 heterocycles. The summed E-state index contributed by atoms with van der Waals surface area (Å²) in [5, 5.41) is 9.44. The third-order valence-corrected chi connectivity index (χ3v) is 6.25. The number of ether oxygens (including phenoxy) is 2. The molecule has 1 aliphatic heterocycles. The topological polar surface area (TPSA) is 102 Å². The van der Waals surface area contributed by atoms with Crippen LogP contribution in [0.3, 0.4) is 0 Å². The number of amides is 1. The average molecular weight is 493 g/mol. The van der Waals surface area contributed by atoms with Gasteiger partial charge in [0.25, 0.3) is 0 Å². The van der Waals surface area contributed by atoms with E-state index in [1.807, 2.05) is 75.4 Å². The predicted molar refractivity (Wildman–Crippen MR) is 134 cm³/mol. The first-order valence-electron chi connectivity index (χ1n) is 12.2. The van der Waals surface area contributed by atoms with Gasteiger partial charge in [-0.2, -0.15) is 0 Å². The van der Waals surface area contributed by atoms with Crippen molar-refractivity contribution in [2.45, 2.75) is 39.7 Å². The maximum atomic E-state index is 12.5. The molecule has 1 fully saturated rings. The lowest BCUT2D eigenvalue weighted by Gasteiger charge is -2.18. The van der Waals surface area contributed by atoms with E-state index in [1.54, 1.807) is 4.90 Å². The molecule has 0 spiro atoms. The summed E-state index contributed by atoms with van der Waals surface area (Å²) in [5.41, 5.74) is 2.54. The Labute approximate surface area is 210 Å². The van der Waals surface area contributed by atoms with Gasteiger partial charge in [0, 0.05) is 24.6 Å². The largest absolute Gasteiger partial charge is 0.487 e. The number of hydrogen-bond acceptors (Lipinski definition) is 6. The summed E-state index contributed by atoms with van der Waals surface area (Å²) in [6.45, 7) is 7.13. The molecule has 190 valence electrons. The third-order valence-electron chi connectivity index (χ3n) is 6.25. The van der Waals surface area contributed by atoms with Crippen LogP contribution in [0.2, 0.25) is 0 Å². The van der Waals surface area contributed by atoms with Crippen LogP contribution in [0.25, 0.3) is 11.5 Å². The second-order valence-corrected chi connectivity index (χ2v) is 9.59. The zero-order valence-electron chi connectivity index (χ0n) is 20.8. The Kier molecular flexibility index (Phi) is 7.93. The van der Waals surface area contributed by atoms with Gasteiger partial charge in [0.15, 0.2) is 0 Å². The first kappa shape index (κ1) is 25.3. The summed E-state index contributed by atoms with van der Waals surface area (Å²) in [5.74, 6) is 0.889. The van der Waals surface area contributed by atoms with Crippen LogP contribution in [0.15, 0.2) is 59.0 Å². The number of hydrogen-bond donors (Lipinski definition) is 1. The number of rotatable bonds is 9. The quantitative estimate of drug-likeness (QED) is 0.420. The van der Waals surface area contributed by atoms with E-state index in [-0.39, 0.29) is 30.8 Å². The molecular weight excluding hydrogens is 460 g/mol. The number of likely N-dealkylation sites (tertiary alicyclic amines) is 1. The summed E-state index contributed by atoms with van der Waals surface area (Å²) < 4.78 is 17.2. The zero-order chi connectivity index (χ0) is 25.7. The number of carbonyl (C=O) groups excluding carboxylic acids is 1. The van der Waals surface area contributed by atoms with Gasteiger partial charge in [-0.15, -0.1) is 0 Å². The smallest absolute Gasteiger partial charge is 0.409 e. The molecule has 1 aliphatic rings. The summed E-state index contributed by atoms with van der Waals surface area (Å²) >= 11 is 0. The Morgan fingerprint density at radius 1 is 1.14 bits per heavy atom. The Morgan fingerprint density at radius 2 is 1.92 bits per heavy atom. The minimum atomic E-state index is -0.884. The van der Waals surface area contributed by atoms with Crippen molar-refractivity contribution in [1.29, 1.82) is 0 Å². The number of carboxylic acid groups (broad SMARTS) is 1. The van der Waals surface area contributed by atoms with Crippen molar-refractivity contribution < 1.29 is 28.6 Å². The Balaban J connectivity index is 1.45. The van der Waals surface area contributed by atoms with Crippen molar-refractivity contribution in [2.24, 2.45) is 11.8 Å². The number of oxazole rings is 1. The molecule has 0 radical (unpaired) electrons. The van der Waals surface area contributed by atoms with Crippen LogP contribution in [0, 0.1) is 18.8 Å². The molecule has 36 heavy (non-hydrogen) atoms. The van der Waals surface area contributed by atoms with Gasteiger partial charge in [0.05, 0.1) is 13.0 Å². The van der Waals surface area contributed by atoms with Gasteiger partial charge < -0.3 is 23.9 Å². The molecule has 8 heteroatoms. The minimum absolute atomic E-state index is 0.0237. The fourth-order valence-corrected chi connectivity index (χ4v) is 4.41. The highest BCUT2D eigenvalue weighted by Crippen LogP contribution is 2.36. The Hall–Kier alpha value is -3.81. The van der Waals surface area contributed by atoms with Crippen molar-refractivity contribution >= 4 is 12.1 Å². The zero-order valence-corrected chi connectivity index (χ0v) is 20.8. The van der Waals surface area contributed by atoms with Crippen molar-refractivity contribution in [3.8, 4) is 17.2 Å². The van der Waals surface area contributed by atoms with Crippen LogP contribution >= 0.6 is 0 Å². The summed E-state index contributed by atoms with van der Waals surface area (Å²) in [7, 11) is 0. The standard InChI is InChI=1S/C28H32N2O6/c1-18(2)16-35-28(33)30-14-22(13-26(31)32)24(15-30)21-10-7-11-23(12-21)34-17-25-19(3)36-27(29-25)20-8-5-4-6-9-20/h4-12,18,22,24H,13-17H2,1-3H3,(H,31,32)/t22-,24-/m0/s1. The Bertz CT molecular complexity index is 1190. The van der Waals surface area contributed by atoms with E-state index in [9.17, 15) is 14.7 Å². The second kappa shape index (κ2) is 11.3. The molecule has 8 nitrogen and oxygen atoms in total. The highest BCUT2D eigenvalue weighted by molar-refractivity contribution is 5.70. The van der Waals surface area contributed by atoms with Gasteiger partial charge in [0.2, 0.25) is 5.89 Å². The maximum absolute atomic E-state index is 12.5. The number of aryl methyl sites for hydroxylation is 1. The van der Waals surface area contributed by atoms with E-state index in [1.165, 1.54) is 0 Å². The number of aromatic nitrogens is 1. The lowest BCUT2D eigenvalue weighted by Crippen LogP contribution is -2.30. The number of aliphatic carboxylic acids is 1. The molecule has 1 aromatic heterocycles. The van der Waals surface area contributed by atoms with Crippen LogP contribution in [0.4, 0.5) is 4.79 Å². The van der Waals surface area contributed by atoms with E-state index < -0.39 is 12.1 Å². The summed E-state index contributed by atoms with van der Waals surface area (Å²) in [6.07, 6.45) is -0.422. The minimum Gasteiger partial charge on any atom is -0.487 e. The number of carbonyl (C=O) groups is 2. The van der Waals surface area contributed by atoms with Crippen LogP contribution < -0.4 is 4.74 Å². The van der Waals surface area contributed by atoms with Crippen LogP contribution in [-0.2, 0) is 16.1 Å². The normalized spacial score (nSPS) is 17.4. The van der Waals surface area contributed by atoms with Crippen LogP contribution in [0.1, 0.15) is 43.2 Å². The van der Waals surface area contributed by atoms with Crippen molar-refractivity contribution in [2.75, 3.05) is 19.7 Å². The monoisotopic (exact) mass is 492 g/mol. The molecule has 0 aliphatic carbocycles. The maximum Gasteiger partial charge on any atom is 0.409 e. The molecule has 2 atom stereocenters. The molecule has 3 aromatic rings. The fraction of sp³-hybridized carbons (Fsp3) is 0.393. The van der Waals surface area contributed by atoms with E-state index in [4.69, 9.17) is 13.9 Å². The van der Waals surface area contributed by atoms with E-state index in [2.05, 4.69) is 4.98 Å².